The Balaban J connectivity index is 3.00. The number of rotatable bonds is 0. The van der Waals surface area contributed by atoms with Gasteiger partial charge in [0, 0.05) is 17.1 Å². The lowest BCUT2D eigenvalue weighted by atomic mass is 10.1. The normalized spacial score (nSPS) is 10.5. The van der Waals surface area contributed by atoms with E-state index in [9.17, 15) is 4.79 Å². The molecule has 0 unspecified atom stereocenters. The highest BCUT2D eigenvalue weighted by molar-refractivity contribution is 5.90. The van der Waals surface area contributed by atoms with Crippen LogP contribution < -0.4 is 11.4 Å². The van der Waals surface area contributed by atoms with Gasteiger partial charge < -0.3 is 10.2 Å². The topological polar surface area (TPSA) is 56.2 Å². The minimum atomic E-state index is -0.346. The van der Waals surface area contributed by atoms with Crippen molar-refractivity contribution >= 4 is 16.7 Å². The molecule has 0 atom stereocenters. The van der Waals surface area contributed by atoms with Gasteiger partial charge in [-0.1, -0.05) is 6.07 Å². The van der Waals surface area contributed by atoms with Gasteiger partial charge in [0.15, 0.2) is 0 Å². The smallest absolute Gasteiger partial charge is 0.336 e. The van der Waals surface area contributed by atoms with E-state index in [0.717, 1.165) is 10.9 Å². The summed E-state index contributed by atoms with van der Waals surface area (Å²) in [5.41, 5.74) is 7.49. The molecule has 66 valence electrons. The van der Waals surface area contributed by atoms with Crippen LogP contribution in [0.3, 0.4) is 0 Å². The summed E-state index contributed by atoms with van der Waals surface area (Å²) in [5.74, 6) is 0. The Morgan fingerprint density at radius 2 is 2.00 bits per heavy atom. The molecule has 0 aliphatic carbocycles. The van der Waals surface area contributed by atoms with E-state index in [-0.39, 0.29) is 5.63 Å². The zero-order valence-electron chi connectivity index (χ0n) is 7.20. The lowest BCUT2D eigenvalue weighted by Crippen LogP contribution is -1.97. The molecule has 0 amide bonds. The van der Waals surface area contributed by atoms with Crippen LogP contribution in [0.1, 0.15) is 5.56 Å². The quantitative estimate of drug-likeness (QED) is 0.489. The van der Waals surface area contributed by atoms with Gasteiger partial charge in [0.05, 0.1) is 0 Å². The fourth-order valence-corrected chi connectivity index (χ4v) is 1.32. The molecule has 3 nitrogen and oxygen atoms in total. The Hall–Kier alpha value is -1.77. The van der Waals surface area contributed by atoms with Crippen LogP contribution in [0, 0.1) is 6.92 Å². The second-order valence-electron chi connectivity index (χ2n) is 2.97. The van der Waals surface area contributed by atoms with Crippen LogP contribution in [0.25, 0.3) is 11.0 Å². The fraction of sp³-hybridized carbons (Fsp3) is 0.100. The van der Waals surface area contributed by atoms with Crippen LogP contribution in [0.5, 0.6) is 0 Å². The van der Waals surface area contributed by atoms with Gasteiger partial charge >= 0.3 is 5.63 Å². The van der Waals surface area contributed by atoms with Crippen molar-refractivity contribution in [2.24, 2.45) is 0 Å². The van der Waals surface area contributed by atoms with E-state index in [4.69, 9.17) is 10.2 Å². The van der Waals surface area contributed by atoms with Gasteiger partial charge in [-0.05, 0) is 24.6 Å². The molecule has 1 aromatic heterocycles. The first kappa shape index (κ1) is 7.86. The minimum absolute atomic E-state index is 0.346. The molecular weight excluding hydrogens is 166 g/mol. The van der Waals surface area contributed by atoms with Gasteiger partial charge in [0.1, 0.15) is 5.58 Å². The summed E-state index contributed by atoms with van der Waals surface area (Å²) >= 11 is 0. The molecule has 0 saturated carbocycles. The fourth-order valence-electron chi connectivity index (χ4n) is 1.32. The van der Waals surface area contributed by atoms with E-state index < -0.39 is 0 Å². The van der Waals surface area contributed by atoms with Gasteiger partial charge in [0.25, 0.3) is 0 Å². The first-order valence-corrected chi connectivity index (χ1v) is 3.97. The van der Waals surface area contributed by atoms with E-state index in [1.54, 1.807) is 12.1 Å². The summed E-state index contributed by atoms with van der Waals surface area (Å²) in [7, 11) is 0. The van der Waals surface area contributed by atoms with E-state index in [1.807, 2.05) is 13.0 Å². The average Bonchev–Trinajstić information content (AvgIpc) is 2.12. The average molecular weight is 175 g/mol. The van der Waals surface area contributed by atoms with Crippen LogP contribution in [0.2, 0.25) is 0 Å². The highest BCUT2D eigenvalue weighted by Crippen LogP contribution is 2.22. The lowest BCUT2D eigenvalue weighted by Gasteiger charge is -2.01. The maximum Gasteiger partial charge on any atom is 0.336 e. The molecule has 0 radical (unpaired) electrons. The zero-order chi connectivity index (χ0) is 9.42. The Kier molecular flexibility index (Phi) is 1.59. The summed E-state index contributed by atoms with van der Waals surface area (Å²) < 4.78 is 5.04. The molecule has 13 heavy (non-hydrogen) atoms. The first-order valence-electron chi connectivity index (χ1n) is 3.97. The van der Waals surface area contributed by atoms with Crippen molar-refractivity contribution in [1.29, 1.82) is 0 Å². The molecule has 1 heterocycles. The highest BCUT2D eigenvalue weighted by atomic mass is 16.4. The Labute approximate surface area is 74.8 Å². The van der Waals surface area contributed by atoms with Crippen molar-refractivity contribution in [3.05, 3.63) is 40.2 Å². The van der Waals surface area contributed by atoms with E-state index in [2.05, 4.69) is 0 Å². The Bertz CT molecular complexity index is 514. The van der Waals surface area contributed by atoms with E-state index in [0.29, 0.717) is 11.3 Å². The molecule has 0 spiro atoms. The van der Waals surface area contributed by atoms with E-state index in [1.165, 1.54) is 6.07 Å². The first-order chi connectivity index (χ1) is 6.18. The van der Waals surface area contributed by atoms with Crippen LogP contribution in [0.15, 0.2) is 33.5 Å². The molecule has 1 aromatic carbocycles. The summed E-state index contributed by atoms with van der Waals surface area (Å²) in [6.45, 7) is 1.88. The largest absolute Gasteiger partial charge is 0.422 e. The van der Waals surface area contributed by atoms with Gasteiger partial charge in [-0.3, -0.25) is 0 Å². The van der Waals surface area contributed by atoms with Gasteiger partial charge in [-0.2, -0.15) is 0 Å². The molecule has 3 heteroatoms. The monoisotopic (exact) mass is 175 g/mol. The summed E-state index contributed by atoms with van der Waals surface area (Å²) in [6.07, 6.45) is 0. The maximum absolute atomic E-state index is 10.9. The molecule has 0 aliphatic rings. The van der Waals surface area contributed by atoms with Crippen molar-refractivity contribution in [2.45, 2.75) is 6.92 Å². The van der Waals surface area contributed by atoms with Crippen molar-refractivity contribution in [3.8, 4) is 0 Å². The third-order valence-electron chi connectivity index (χ3n) is 2.02. The predicted octanol–water partition coefficient (Wildman–Crippen LogP) is 1.68. The number of hydrogen-bond acceptors (Lipinski definition) is 3. The van der Waals surface area contributed by atoms with Crippen molar-refractivity contribution < 1.29 is 4.42 Å². The van der Waals surface area contributed by atoms with Crippen molar-refractivity contribution in [2.75, 3.05) is 5.73 Å². The number of benzene rings is 1. The van der Waals surface area contributed by atoms with E-state index >= 15 is 0 Å². The minimum Gasteiger partial charge on any atom is -0.422 e. The molecule has 2 N–H and O–H groups in total. The van der Waals surface area contributed by atoms with Gasteiger partial charge in [-0.25, -0.2) is 4.79 Å². The zero-order valence-corrected chi connectivity index (χ0v) is 7.20. The number of aryl methyl sites for hydroxylation is 1. The van der Waals surface area contributed by atoms with Crippen LogP contribution in [0.4, 0.5) is 5.69 Å². The Morgan fingerprint density at radius 1 is 1.23 bits per heavy atom. The molecule has 2 rings (SSSR count). The number of anilines is 1. The number of nitrogen functional groups attached to an aromatic ring is 1. The Morgan fingerprint density at radius 3 is 2.77 bits per heavy atom. The molecule has 2 aromatic rings. The van der Waals surface area contributed by atoms with Crippen LogP contribution in [-0.2, 0) is 0 Å². The van der Waals surface area contributed by atoms with Crippen molar-refractivity contribution in [3.63, 3.8) is 0 Å². The molecule has 0 fully saturated rings. The molecule has 0 bridgehead atoms. The highest BCUT2D eigenvalue weighted by Gasteiger charge is 2.02. The predicted molar refractivity (Wildman–Crippen MR) is 51.6 cm³/mol. The second-order valence-corrected chi connectivity index (χ2v) is 2.97. The third-order valence-corrected chi connectivity index (χ3v) is 2.02. The standard InChI is InChI=1S/C10H9NO2/c1-6-2-4-8(11)7-3-5-9(12)13-10(6)7/h2-5H,11H2,1H3. The summed E-state index contributed by atoms with van der Waals surface area (Å²) in [4.78, 5) is 10.9. The third kappa shape index (κ3) is 1.18. The van der Waals surface area contributed by atoms with Crippen LogP contribution >= 0.6 is 0 Å². The SMILES string of the molecule is Cc1ccc(N)c2ccc(=O)oc12. The molecule has 0 aliphatic heterocycles. The second kappa shape index (κ2) is 2.62. The molecule has 0 saturated heterocycles. The van der Waals surface area contributed by atoms with Crippen molar-refractivity contribution in [1.82, 2.24) is 0 Å². The number of nitrogens with two attached hydrogens (primary N) is 1. The molecular formula is C10H9NO2. The number of fused-ring (bicyclic) bond motifs is 1. The number of hydrogen-bond donors (Lipinski definition) is 1. The summed E-state index contributed by atoms with van der Waals surface area (Å²) in [5, 5.41) is 0.791. The van der Waals surface area contributed by atoms with Crippen LogP contribution in [-0.4, -0.2) is 0 Å². The lowest BCUT2D eigenvalue weighted by molar-refractivity contribution is 0.559. The van der Waals surface area contributed by atoms with Gasteiger partial charge in [-0.15, -0.1) is 0 Å². The maximum atomic E-state index is 10.9. The van der Waals surface area contributed by atoms with Gasteiger partial charge in [0.2, 0.25) is 0 Å². The summed E-state index contributed by atoms with van der Waals surface area (Å²) in [6, 6.07) is 6.69.